The first-order chi connectivity index (χ1) is 7.09. The summed E-state index contributed by atoms with van der Waals surface area (Å²) >= 11 is 0. The number of aromatic nitrogens is 1. The van der Waals surface area contributed by atoms with Gasteiger partial charge in [-0.05, 0) is 6.92 Å². The zero-order valence-electron chi connectivity index (χ0n) is 8.25. The normalized spacial score (nSPS) is 25.9. The van der Waals surface area contributed by atoms with Gasteiger partial charge in [0.1, 0.15) is 0 Å². The summed E-state index contributed by atoms with van der Waals surface area (Å²) < 4.78 is 4.80. The van der Waals surface area contributed by atoms with E-state index in [1.165, 1.54) is 11.1 Å². The van der Waals surface area contributed by atoms with E-state index in [-0.39, 0.29) is 24.8 Å². The minimum atomic E-state index is -0.878. The van der Waals surface area contributed by atoms with Crippen molar-refractivity contribution in [3.8, 4) is 0 Å². The summed E-state index contributed by atoms with van der Waals surface area (Å²) in [6.07, 6.45) is -0.301. The Morgan fingerprint density at radius 3 is 2.60 bits per heavy atom. The van der Waals surface area contributed by atoms with E-state index in [4.69, 9.17) is 4.52 Å². The van der Waals surface area contributed by atoms with Gasteiger partial charge in [-0.2, -0.15) is 0 Å². The SMILES string of the molecule is Cc1cnoc1C(=O)N1CC(O)C(O)C1. The third kappa shape index (κ3) is 1.73. The number of rotatable bonds is 1. The number of aryl methyl sites for hydroxylation is 1. The minimum absolute atomic E-state index is 0.125. The van der Waals surface area contributed by atoms with Crippen LogP contribution in [-0.4, -0.2) is 51.5 Å². The Bertz CT molecular complexity index is 366. The van der Waals surface area contributed by atoms with E-state index in [1.807, 2.05) is 0 Å². The largest absolute Gasteiger partial charge is 0.388 e. The molecule has 15 heavy (non-hydrogen) atoms. The van der Waals surface area contributed by atoms with Crippen LogP contribution in [0.3, 0.4) is 0 Å². The number of aliphatic hydroxyl groups is 2. The lowest BCUT2D eigenvalue weighted by Gasteiger charge is -2.12. The first kappa shape index (κ1) is 10.1. The molecule has 2 rings (SSSR count). The van der Waals surface area contributed by atoms with Gasteiger partial charge in [-0.15, -0.1) is 0 Å². The van der Waals surface area contributed by atoms with Crippen LogP contribution in [0.1, 0.15) is 16.1 Å². The van der Waals surface area contributed by atoms with E-state index in [2.05, 4.69) is 5.16 Å². The van der Waals surface area contributed by atoms with Gasteiger partial charge in [-0.1, -0.05) is 5.16 Å². The molecule has 1 fully saturated rings. The standard InChI is InChI=1S/C9H12N2O4/c1-5-2-10-15-8(5)9(14)11-3-6(12)7(13)4-11/h2,6-7,12-13H,3-4H2,1H3. The second kappa shape index (κ2) is 3.63. The molecule has 0 aliphatic carbocycles. The van der Waals surface area contributed by atoms with Gasteiger partial charge in [0, 0.05) is 18.7 Å². The highest BCUT2D eigenvalue weighted by Gasteiger charge is 2.34. The number of amides is 1. The van der Waals surface area contributed by atoms with E-state index in [1.54, 1.807) is 6.92 Å². The molecule has 1 aliphatic rings. The molecule has 2 N–H and O–H groups in total. The number of nitrogens with zero attached hydrogens (tertiary/aromatic N) is 2. The third-order valence-corrected chi connectivity index (χ3v) is 2.49. The predicted octanol–water partition coefficient (Wildman–Crippen LogP) is -0.839. The van der Waals surface area contributed by atoms with Crippen molar-refractivity contribution in [2.75, 3.05) is 13.1 Å². The third-order valence-electron chi connectivity index (χ3n) is 2.49. The van der Waals surface area contributed by atoms with Crippen LogP contribution < -0.4 is 0 Å². The Morgan fingerprint density at radius 2 is 2.13 bits per heavy atom. The van der Waals surface area contributed by atoms with Crippen LogP contribution in [0.5, 0.6) is 0 Å². The van der Waals surface area contributed by atoms with Crippen molar-refractivity contribution in [2.45, 2.75) is 19.1 Å². The fourth-order valence-corrected chi connectivity index (χ4v) is 1.58. The number of hydrogen-bond acceptors (Lipinski definition) is 5. The topological polar surface area (TPSA) is 86.8 Å². The smallest absolute Gasteiger partial charge is 0.292 e. The summed E-state index contributed by atoms with van der Waals surface area (Å²) in [5.41, 5.74) is 0.649. The van der Waals surface area contributed by atoms with Crippen LogP contribution in [0.2, 0.25) is 0 Å². The number of hydrogen-bond donors (Lipinski definition) is 2. The molecule has 2 unspecified atom stereocenters. The Hall–Kier alpha value is -1.40. The average Bonchev–Trinajstić information content (AvgIpc) is 2.74. The molecule has 6 nitrogen and oxygen atoms in total. The van der Waals surface area contributed by atoms with Crippen molar-refractivity contribution in [1.82, 2.24) is 10.1 Å². The van der Waals surface area contributed by atoms with Crippen LogP contribution in [0.15, 0.2) is 10.7 Å². The molecule has 1 aliphatic heterocycles. The quantitative estimate of drug-likeness (QED) is 0.634. The maximum atomic E-state index is 11.8. The molecule has 0 bridgehead atoms. The van der Waals surface area contributed by atoms with Crippen molar-refractivity contribution >= 4 is 5.91 Å². The number of carbonyl (C=O) groups is 1. The number of carbonyl (C=O) groups excluding carboxylic acids is 1. The molecular weight excluding hydrogens is 200 g/mol. The van der Waals surface area contributed by atoms with Crippen molar-refractivity contribution in [3.63, 3.8) is 0 Å². The molecule has 1 amide bonds. The summed E-state index contributed by atoms with van der Waals surface area (Å²) in [5.74, 6) is -0.183. The van der Waals surface area contributed by atoms with Gasteiger partial charge in [0.05, 0.1) is 18.4 Å². The number of β-amino-alcohol motifs (C(OH)–C–C–N with tert-alkyl or cyclic N) is 2. The van der Waals surface area contributed by atoms with Crippen LogP contribution >= 0.6 is 0 Å². The van der Waals surface area contributed by atoms with Gasteiger partial charge in [-0.3, -0.25) is 4.79 Å². The van der Waals surface area contributed by atoms with Crippen LogP contribution in [-0.2, 0) is 0 Å². The Balaban J connectivity index is 2.13. The first-order valence-electron chi connectivity index (χ1n) is 4.66. The van der Waals surface area contributed by atoms with E-state index in [0.29, 0.717) is 5.56 Å². The highest BCUT2D eigenvalue weighted by Crippen LogP contribution is 2.16. The second-order valence-corrected chi connectivity index (χ2v) is 3.68. The van der Waals surface area contributed by atoms with E-state index >= 15 is 0 Å². The van der Waals surface area contributed by atoms with Crippen molar-refractivity contribution in [3.05, 3.63) is 17.5 Å². The van der Waals surface area contributed by atoms with E-state index in [0.717, 1.165) is 0 Å². The minimum Gasteiger partial charge on any atom is -0.388 e. The van der Waals surface area contributed by atoms with Crippen LogP contribution in [0.4, 0.5) is 0 Å². The zero-order valence-corrected chi connectivity index (χ0v) is 8.25. The van der Waals surface area contributed by atoms with Crippen LogP contribution in [0.25, 0.3) is 0 Å². The maximum Gasteiger partial charge on any atom is 0.292 e. The molecule has 2 heterocycles. The zero-order chi connectivity index (χ0) is 11.0. The van der Waals surface area contributed by atoms with Crippen molar-refractivity contribution in [1.29, 1.82) is 0 Å². The monoisotopic (exact) mass is 212 g/mol. The Morgan fingerprint density at radius 1 is 1.53 bits per heavy atom. The van der Waals surface area contributed by atoms with Gasteiger partial charge in [-0.25, -0.2) is 0 Å². The number of likely N-dealkylation sites (tertiary alicyclic amines) is 1. The lowest BCUT2D eigenvalue weighted by atomic mass is 10.3. The predicted molar refractivity (Wildman–Crippen MR) is 49.2 cm³/mol. The fraction of sp³-hybridized carbons (Fsp3) is 0.556. The van der Waals surface area contributed by atoms with Gasteiger partial charge in [0.2, 0.25) is 5.76 Å². The molecule has 1 aromatic heterocycles. The molecule has 0 aromatic carbocycles. The summed E-state index contributed by atoms with van der Waals surface area (Å²) in [7, 11) is 0. The van der Waals surface area contributed by atoms with Crippen molar-refractivity contribution in [2.24, 2.45) is 0 Å². The Labute approximate surface area is 86.1 Å². The summed E-state index contributed by atoms with van der Waals surface area (Å²) in [5, 5.41) is 22.1. The molecule has 0 spiro atoms. The van der Waals surface area contributed by atoms with Gasteiger partial charge in [0.25, 0.3) is 5.91 Å². The molecule has 2 atom stereocenters. The van der Waals surface area contributed by atoms with Crippen molar-refractivity contribution < 1.29 is 19.5 Å². The summed E-state index contributed by atoms with van der Waals surface area (Å²) in [6.45, 7) is 1.97. The second-order valence-electron chi connectivity index (χ2n) is 3.68. The molecular formula is C9H12N2O4. The molecule has 0 radical (unpaired) electrons. The van der Waals surface area contributed by atoms with Gasteiger partial charge >= 0.3 is 0 Å². The first-order valence-corrected chi connectivity index (χ1v) is 4.66. The Kier molecular flexibility index (Phi) is 2.45. The average molecular weight is 212 g/mol. The van der Waals surface area contributed by atoms with Gasteiger partial charge < -0.3 is 19.6 Å². The summed E-state index contributed by atoms with van der Waals surface area (Å²) in [6, 6.07) is 0. The van der Waals surface area contributed by atoms with Gasteiger partial charge in [0.15, 0.2) is 0 Å². The highest BCUT2D eigenvalue weighted by molar-refractivity contribution is 5.92. The molecule has 0 saturated carbocycles. The lowest BCUT2D eigenvalue weighted by molar-refractivity contribution is 0.0572. The fourth-order valence-electron chi connectivity index (χ4n) is 1.58. The highest BCUT2D eigenvalue weighted by atomic mass is 16.5. The van der Waals surface area contributed by atoms with E-state index in [9.17, 15) is 15.0 Å². The molecule has 1 aromatic rings. The summed E-state index contributed by atoms with van der Waals surface area (Å²) in [4.78, 5) is 13.1. The molecule has 82 valence electrons. The van der Waals surface area contributed by atoms with Crippen LogP contribution in [0, 0.1) is 6.92 Å². The maximum absolute atomic E-state index is 11.8. The number of aliphatic hydroxyl groups excluding tert-OH is 2. The van der Waals surface area contributed by atoms with E-state index < -0.39 is 12.2 Å². The lowest BCUT2D eigenvalue weighted by Crippen LogP contribution is -2.29. The molecule has 6 heteroatoms. The molecule has 1 saturated heterocycles.